The number of H-pyrrole nitrogens is 1. The van der Waals surface area contributed by atoms with Crippen LogP contribution in [0.1, 0.15) is 57.3 Å². The summed E-state index contributed by atoms with van der Waals surface area (Å²) < 4.78 is 80.3. The van der Waals surface area contributed by atoms with Crippen LogP contribution in [0, 0.1) is 17.2 Å². The molecule has 2 N–H and O–H groups in total. The van der Waals surface area contributed by atoms with Crippen molar-refractivity contribution in [3.05, 3.63) is 113 Å². The lowest BCUT2D eigenvalue weighted by Gasteiger charge is -2.26. The first kappa shape index (κ1) is 28.9. The molecular weight excluding hydrogens is 560 g/mol. The van der Waals surface area contributed by atoms with Gasteiger partial charge in [-0.25, -0.2) is 0 Å². The van der Waals surface area contributed by atoms with Crippen LogP contribution in [0.15, 0.2) is 78.9 Å². The van der Waals surface area contributed by atoms with E-state index in [4.69, 9.17) is 0 Å². The highest BCUT2D eigenvalue weighted by Crippen LogP contribution is 2.36. The number of carbonyl (C=O) groups is 1. The van der Waals surface area contributed by atoms with E-state index in [2.05, 4.69) is 15.5 Å². The number of aromatic amines is 1. The number of amides is 1. The largest absolute Gasteiger partial charge is 0.435 e. The molecule has 6 nitrogen and oxygen atoms in total. The fourth-order valence-electron chi connectivity index (χ4n) is 4.57. The number of aromatic nitrogens is 2. The monoisotopic (exact) mass is 583 g/mol. The molecule has 12 heteroatoms. The molecule has 1 heterocycles. The van der Waals surface area contributed by atoms with Crippen molar-refractivity contribution in [1.29, 1.82) is 5.26 Å². The van der Waals surface area contributed by atoms with Gasteiger partial charge in [-0.2, -0.15) is 36.7 Å². The van der Waals surface area contributed by atoms with Gasteiger partial charge < -0.3 is 5.32 Å². The van der Waals surface area contributed by atoms with E-state index in [1.807, 2.05) is 6.07 Å². The molecule has 0 aliphatic heterocycles. The van der Waals surface area contributed by atoms with Gasteiger partial charge in [-0.05, 0) is 78.9 Å². The quantitative estimate of drug-likeness (QED) is 0.212. The second-order valence-corrected chi connectivity index (χ2v) is 9.97. The van der Waals surface area contributed by atoms with Crippen molar-refractivity contribution in [3.63, 3.8) is 0 Å². The molecule has 3 aromatic carbocycles. The number of anilines is 2. The molecule has 4 aromatic rings. The van der Waals surface area contributed by atoms with E-state index >= 15 is 0 Å². The highest BCUT2D eigenvalue weighted by Gasteiger charge is 2.36. The number of nitrogens with one attached hydrogen (secondary N) is 2. The van der Waals surface area contributed by atoms with Crippen LogP contribution in [-0.2, 0) is 12.4 Å². The molecule has 0 radical (unpaired) electrons. The molecule has 5 rings (SSSR count). The van der Waals surface area contributed by atoms with Crippen molar-refractivity contribution < 1.29 is 31.1 Å². The Balaban J connectivity index is 1.59. The zero-order valence-electron chi connectivity index (χ0n) is 21.8. The minimum absolute atomic E-state index is 0.195. The average molecular weight is 584 g/mol. The Hall–Kier alpha value is -4.63. The smallest absolute Gasteiger partial charge is 0.306 e. The topological polar surface area (TPSA) is 84.8 Å². The Morgan fingerprint density at radius 3 is 2.19 bits per heavy atom. The van der Waals surface area contributed by atoms with Gasteiger partial charge in [0.2, 0.25) is 0 Å². The lowest BCUT2D eigenvalue weighted by Crippen LogP contribution is -2.28. The van der Waals surface area contributed by atoms with Crippen molar-refractivity contribution in [2.45, 2.75) is 31.2 Å². The third-order valence-corrected chi connectivity index (χ3v) is 6.85. The first-order chi connectivity index (χ1) is 19.9. The number of hydrogen-bond acceptors (Lipinski definition) is 4. The van der Waals surface area contributed by atoms with E-state index in [0.717, 1.165) is 29.9 Å². The number of carbonyl (C=O) groups excluding carboxylic acids is 1. The number of nitriles is 1. The number of alkyl halides is 6. The molecule has 42 heavy (non-hydrogen) atoms. The zero-order valence-corrected chi connectivity index (χ0v) is 21.8. The third kappa shape index (κ3) is 6.47. The summed E-state index contributed by atoms with van der Waals surface area (Å²) in [7, 11) is 0. The molecule has 0 saturated heterocycles. The number of nitrogens with zero attached hydrogens (tertiary/aromatic N) is 3. The predicted octanol–water partition coefficient (Wildman–Crippen LogP) is 7.39. The Labute approximate surface area is 236 Å². The minimum Gasteiger partial charge on any atom is -0.306 e. The summed E-state index contributed by atoms with van der Waals surface area (Å²) in [5.41, 5.74) is -1.02. The lowest BCUT2D eigenvalue weighted by molar-refractivity contribution is -0.141. The highest BCUT2D eigenvalue weighted by molar-refractivity contribution is 6.10. The van der Waals surface area contributed by atoms with E-state index in [-0.39, 0.29) is 16.9 Å². The van der Waals surface area contributed by atoms with E-state index in [1.54, 1.807) is 30.3 Å². The lowest BCUT2D eigenvalue weighted by atomic mass is 9.96. The van der Waals surface area contributed by atoms with Gasteiger partial charge in [0.15, 0.2) is 5.69 Å². The van der Waals surface area contributed by atoms with Gasteiger partial charge in [-0.3, -0.25) is 14.8 Å². The molecule has 1 amide bonds. The van der Waals surface area contributed by atoms with Gasteiger partial charge in [0.25, 0.3) is 5.91 Å². The summed E-state index contributed by atoms with van der Waals surface area (Å²) in [4.78, 5) is 14.8. The minimum atomic E-state index is -4.79. The summed E-state index contributed by atoms with van der Waals surface area (Å²) in [5, 5.41) is 18.1. The normalized spacial score (nSPS) is 14.3. The second kappa shape index (κ2) is 11.3. The molecule has 1 unspecified atom stereocenters. The van der Waals surface area contributed by atoms with Crippen LogP contribution < -0.4 is 10.2 Å². The summed E-state index contributed by atoms with van der Waals surface area (Å²) in [6.07, 6.45) is -7.33. The maximum absolute atomic E-state index is 13.7. The van der Waals surface area contributed by atoms with Crippen molar-refractivity contribution >= 4 is 17.3 Å². The van der Waals surface area contributed by atoms with E-state index in [1.165, 1.54) is 30.3 Å². The van der Waals surface area contributed by atoms with Gasteiger partial charge in [0.05, 0.1) is 28.9 Å². The Morgan fingerprint density at radius 2 is 1.57 bits per heavy atom. The van der Waals surface area contributed by atoms with E-state index in [0.29, 0.717) is 29.7 Å². The van der Waals surface area contributed by atoms with Crippen LogP contribution in [0.5, 0.6) is 0 Å². The van der Waals surface area contributed by atoms with Crippen molar-refractivity contribution in [1.82, 2.24) is 15.5 Å². The molecule has 1 aliphatic rings. The van der Waals surface area contributed by atoms with Gasteiger partial charge in [0, 0.05) is 11.8 Å². The van der Waals surface area contributed by atoms with Gasteiger partial charge in [-0.1, -0.05) is 30.3 Å². The molecule has 1 saturated carbocycles. The van der Waals surface area contributed by atoms with Crippen LogP contribution in [0.25, 0.3) is 0 Å². The summed E-state index contributed by atoms with van der Waals surface area (Å²) >= 11 is 0. The summed E-state index contributed by atoms with van der Waals surface area (Å²) in [5.74, 6) is -0.483. The zero-order chi connectivity index (χ0) is 30.1. The number of hydrogen-bond donors (Lipinski definition) is 2. The Morgan fingerprint density at radius 1 is 0.929 bits per heavy atom. The summed E-state index contributed by atoms with van der Waals surface area (Å²) in [6, 6.07) is 19.2. The molecule has 1 atom stereocenters. The van der Waals surface area contributed by atoms with E-state index < -0.39 is 41.3 Å². The fourth-order valence-corrected chi connectivity index (χ4v) is 4.57. The highest BCUT2D eigenvalue weighted by atomic mass is 19.4. The van der Waals surface area contributed by atoms with Crippen molar-refractivity contribution in [2.24, 2.45) is 5.92 Å². The molecule has 1 aliphatic carbocycles. The van der Waals surface area contributed by atoms with Gasteiger partial charge in [-0.15, -0.1) is 0 Å². The molecule has 0 spiro atoms. The Bertz CT molecular complexity index is 1630. The molecule has 1 aromatic heterocycles. The average Bonchev–Trinajstić information content (AvgIpc) is 3.64. The van der Waals surface area contributed by atoms with Crippen LogP contribution in [-0.4, -0.2) is 22.6 Å². The fraction of sp³-hybridized carbons (Fsp3) is 0.233. The van der Waals surface area contributed by atoms with Crippen LogP contribution in [0.4, 0.5) is 37.7 Å². The molecule has 0 bridgehead atoms. The van der Waals surface area contributed by atoms with E-state index in [9.17, 15) is 36.4 Å². The first-order valence-corrected chi connectivity index (χ1v) is 12.9. The standard InChI is InChI=1S/C30H23F6N5O/c31-29(32,33)22-7-2-5-20(13-22)27(38-17-18-10-11-18)21-6-3-9-24(14-21)41(23-8-1-4-19(12-23)16-37)28(42)25-15-26(40-39-25)30(34,35)36/h1-9,12-15,18,27,38H,10-11,17H2,(H,39,40). The number of rotatable bonds is 8. The van der Waals surface area contributed by atoms with Crippen LogP contribution >= 0.6 is 0 Å². The SMILES string of the molecule is N#Cc1cccc(N(C(=O)c2cc(C(F)(F)F)n[nH]2)c2cccc(C(NCC3CC3)c3cccc(C(F)(F)F)c3)c2)c1. The third-order valence-electron chi connectivity index (χ3n) is 6.85. The Kier molecular flexibility index (Phi) is 7.79. The first-order valence-electron chi connectivity index (χ1n) is 12.9. The second-order valence-electron chi connectivity index (χ2n) is 9.97. The predicted molar refractivity (Wildman–Crippen MR) is 142 cm³/mol. The van der Waals surface area contributed by atoms with Gasteiger partial charge in [0.1, 0.15) is 5.69 Å². The number of halogens is 6. The van der Waals surface area contributed by atoms with Crippen molar-refractivity contribution in [2.75, 3.05) is 11.4 Å². The molecular formula is C30H23F6N5O. The molecule has 216 valence electrons. The maximum Gasteiger partial charge on any atom is 0.435 e. The van der Waals surface area contributed by atoms with Crippen molar-refractivity contribution in [3.8, 4) is 6.07 Å². The van der Waals surface area contributed by atoms with Gasteiger partial charge >= 0.3 is 12.4 Å². The van der Waals surface area contributed by atoms with Crippen LogP contribution in [0.2, 0.25) is 0 Å². The maximum atomic E-state index is 13.7. The molecule has 1 fully saturated rings. The van der Waals surface area contributed by atoms with Crippen LogP contribution in [0.3, 0.4) is 0 Å². The summed E-state index contributed by atoms with van der Waals surface area (Å²) in [6.45, 7) is 0.562. The number of benzene rings is 3.